The summed E-state index contributed by atoms with van der Waals surface area (Å²) in [6, 6.07) is 29.1. The molecule has 202 valence electrons. The maximum atomic E-state index is 6.12. The minimum Gasteiger partial charge on any atom is -0.490 e. The van der Waals surface area contributed by atoms with Crippen LogP contribution in [0.15, 0.2) is 107 Å². The third kappa shape index (κ3) is 5.67. The second-order valence-corrected chi connectivity index (χ2v) is 11.4. The van der Waals surface area contributed by atoms with Gasteiger partial charge in [-0.15, -0.1) is 0 Å². The molecule has 0 aromatic heterocycles. The minimum atomic E-state index is 0.275. The van der Waals surface area contributed by atoms with Crippen molar-refractivity contribution in [1.29, 1.82) is 0 Å². The molecule has 0 radical (unpaired) electrons. The summed E-state index contributed by atoms with van der Waals surface area (Å²) in [5.41, 5.74) is 6.73. The van der Waals surface area contributed by atoms with Gasteiger partial charge in [0, 0.05) is 22.8 Å². The largest absolute Gasteiger partial charge is 0.490 e. The molecule has 6 heteroatoms. The van der Waals surface area contributed by atoms with E-state index in [9.17, 15) is 0 Å². The number of hydrogen-bond acceptors (Lipinski definition) is 4. The highest BCUT2D eigenvalue weighted by atomic mass is 79.9. The molecule has 0 bridgehead atoms. The van der Waals surface area contributed by atoms with E-state index < -0.39 is 0 Å². The number of hydrogen-bond donors (Lipinski definition) is 1. The molecule has 4 aromatic carbocycles. The monoisotopic (exact) mass is 612 g/mol. The fourth-order valence-corrected chi connectivity index (χ4v) is 6.43. The van der Waals surface area contributed by atoms with E-state index in [1.165, 1.54) is 16.8 Å². The maximum Gasteiger partial charge on any atom is 0.175 e. The Hall–Kier alpha value is -3.54. The predicted octanol–water partition coefficient (Wildman–Crippen LogP) is 9.66. The van der Waals surface area contributed by atoms with E-state index in [1.807, 2.05) is 49.5 Å². The average Bonchev–Trinajstić information content (AvgIpc) is 3.46. The number of benzene rings is 4. The molecule has 0 amide bonds. The van der Waals surface area contributed by atoms with Crippen molar-refractivity contribution in [3.8, 4) is 11.5 Å². The SMILES string of the molecule is CCOc1cc(C=Nc2ccc([C@@H]3Nc4ccccc4[C@@H]4C=CC[C@H]43)cc2)cc(Br)c1OCc1cccc(Cl)c1. The molecule has 3 atom stereocenters. The summed E-state index contributed by atoms with van der Waals surface area (Å²) in [6.45, 7) is 2.87. The van der Waals surface area contributed by atoms with Gasteiger partial charge in [-0.1, -0.05) is 66.2 Å². The van der Waals surface area contributed by atoms with Crippen LogP contribution in [0.1, 0.15) is 47.6 Å². The van der Waals surface area contributed by atoms with E-state index in [0.717, 1.165) is 27.7 Å². The van der Waals surface area contributed by atoms with Crippen LogP contribution >= 0.6 is 27.5 Å². The lowest BCUT2D eigenvalue weighted by atomic mass is 9.77. The van der Waals surface area contributed by atoms with E-state index in [0.29, 0.717) is 41.6 Å². The number of fused-ring (bicyclic) bond motifs is 3. The lowest BCUT2D eigenvalue weighted by Crippen LogP contribution is -2.28. The maximum absolute atomic E-state index is 6.12. The molecule has 1 N–H and O–H groups in total. The number of nitrogens with zero attached hydrogens (tertiary/aromatic N) is 1. The van der Waals surface area contributed by atoms with Gasteiger partial charge in [0.2, 0.25) is 0 Å². The number of anilines is 1. The van der Waals surface area contributed by atoms with Crippen LogP contribution in [0.25, 0.3) is 0 Å². The molecule has 0 fully saturated rings. The van der Waals surface area contributed by atoms with Gasteiger partial charge >= 0.3 is 0 Å². The van der Waals surface area contributed by atoms with Gasteiger partial charge in [0.05, 0.1) is 22.8 Å². The highest BCUT2D eigenvalue weighted by molar-refractivity contribution is 9.10. The number of ether oxygens (including phenoxy) is 2. The number of aliphatic imine (C=N–C) groups is 1. The van der Waals surface area contributed by atoms with Crippen molar-refractivity contribution in [2.75, 3.05) is 11.9 Å². The standard InChI is InChI=1S/C34H30BrClN2O2/c1-2-39-32-19-23(18-30(35)34(32)40-21-22-7-5-8-25(36)17-22)20-37-26-15-13-24(14-16-26)33-29-11-6-10-27(29)28-9-3-4-12-31(28)38-33/h3-10,12-20,27,29,33,38H,2,11,21H2,1H3/t27-,29+,33-/m0/s1. The van der Waals surface area contributed by atoms with Crippen LogP contribution in [0.4, 0.5) is 11.4 Å². The van der Waals surface area contributed by atoms with Crippen molar-refractivity contribution >= 4 is 45.1 Å². The number of para-hydroxylation sites is 1. The van der Waals surface area contributed by atoms with Crippen LogP contribution in [-0.4, -0.2) is 12.8 Å². The molecule has 1 aliphatic carbocycles. The van der Waals surface area contributed by atoms with Crippen molar-refractivity contribution in [1.82, 2.24) is 0 Å². The Morgan fingerprint density at radius 2 is 1.85 bits per heavy atom. The Labute approximate surface area is 248 Å². The van der Waals surface area contributed by atoms with Gasteiger partial charge in [0.25, 0.3) is 0 Å². The average molecular weight is 614 g/mol. The molecule has 2 aliphatic rings. The molecule has 0 saturated carbocycles. The highest BCUT2D eigenvalue weighted by Crippen LogP contribution is 2.49. The van der Waals surface area contributed by atoms with Crippen LogP contribution < -0.4 is 14.8 Å². The quantitative estimate of drug-likeness (QED) is 0.159. The van der Waals surface area contributed by atoms with Crippen LogP contribution in [0.5, 0.6) is 11.5 Å². The zero-order chi connectivity index (χ0) is 27.5. The molecule has 4 aromatic rings. The third-order valence-corrected chi connectivity index (χ3v) is 8.31. The van der Waals surface area contributed by atoms with E-state index >= 15 is 0 Å². The molecule has 0 spiro atoms. The van der Waals surface area contributed by atoms with Gasteiger partial charge in [-0.05, 0) is 99.9 Å². The number of rotatable bonds is 8. The van der Waals surface area contributed by atoms with E-state index in [1.54, 1.807) is 0 Å². The molecule has 1 heterocycles. The molecule has 1 aliphatic heterocycles. The Bertz CT molecular complexity index is 1570. The zero-order valence-electron chi connectivity index (χ0n) is 22.2. The first-order valence-electron chi connectivity index (χ1n) is 13.6. The molecule has 0 saturated heterocycles. The van der Waals surface area contributed by atoms with Crippen molar-refractivity contribution < 1.29 is 9.47 Å². The summed E-state index contributed by atoms with van der Waals surface area (Å²) in [7, 11) is 0. The summed E-state index contributed by atoms with van der Waals surface area (Å²) in [5, 5.41) is 4.48. The minimum absolute atomic E-state index is 0.275. The smallest absolute Gasteiger partial charge is 0.175 e. The second kappa shape index (κ2) is 11.9. The topological polar surface area (TPSA) is 42.8 Å². The first-order valence-corrected chi connectivity index (χ1v) is 14.8. The molecule has 40 heavy (non-hydrogen) atoms. The van der Waals surface area contributed by atoms with Gasteiger partial charge in [-0.25, -0.2) is 0 Å². The van der Waals surface area contributed by atoms with Gasteiger partial charge in [-0.2, -0.15) is 0 Å². The predicted molar refractivity (Wildman–Crippen MR) is 168 cm³/mol. The lowest BCUT2D eigenvalue weighted by Gasteiger charge is -2.37. The number of halogens is 2. The molecule has 6 rings (SSSR count). The van der Waals surface area contributed by atoms with Gasteiger partial charge in [0.15, 0.2) is 11.5 Å². The Kier molecular flexibility index (Phi) is 7.94. The Morgan fingerprint density at radius 3 is 2.67 bits per heavy atom. The molecular weight excluding hydrogens is 584 g/mol. The number of nitrogens with one attached hydrogen (secondary N) is 1. The first-order chi connectivity index (χ1) is 19.6. The summed E-state index contributed by atoms with van der Waals surface area (Å²) < 4.78 is 12.8. The lowest BCUT2D eigenvalue weighted by molar-refractivity contribution is 0.267. The van der Waals surface area contributed by atoms with Crippen molar-refractivity contribution in [3.05, 3.63) is 129 Å². The first kappa shape index (κ1) is 26.7. The van der Waals surface area contributed by atoms with E-state index in [-0.39, 0.29) is 6.04 Å². The van der Waals surface area contributed by atoms with Crippen LogP contribution in [0.3, 0.4) is 0 Å². The van der Waals surface area contributed by atoms with E-state index in [2.05, 4.69) is 81.9 Å². The summed E-state index contributed by atoms with van der Waals surface area (Å²) >= 11 is 9.79. The third-order valence-electron chi connectivity index (χ3n) is 7.49. The van der Waals surface area contributed by atoms with Crippen LogP contribution in [0, 0.1) is 5.92 Å². The normalized spacial score (nSPS) is 19.2. The van der Waals surface area contributed by atoms with Crippen LogP contribution in [-0.2, 0) is 6.61 Å². The Morgan fingerprint density at radius 1 is 1.00 bits per heavy atom. The van der Waals surface area contributed by atoms with Crippen LogP contribution in [0.2, 0.25) is 5.02 Å². The Balaban J connectivity index is 1.18. The van der Waals surface area contributed by atoms with E-state index in [4.69, 9.17) is 26.1 Å². The summed E-state index contributed by atoms with van der Waals surface area (Å²) in [5.74, 6) is 2.32. The van der Waals surface area contributed by atoms with Gasteiger partial charge < -0.3 is 14.8 Å². The number of allylic oxidation sites excluding steroid dienone is 2. The van der Waals surface area contributed by atoms with Crippen molar-refractivity contribution in [2.24, 2.45) is 10.9 Å². The fraction of sp³-hybridized carbons (Fsp3) is 0.206. The van der Waals surface area contributed by atoms with Crippen molar-refractivity contribution in [3.63, 3.8) is 0 Å². The van der Waals surface area contributed by atoms with Crippen molar-refractivity contribution in [2.45, 2.75) is 31.9 Å². The molecule has 4 nitrogen and oxygen atoms in total. The highest BCUT2D eigenvalue weighted by Gasteiger charge is 2.37. The zero-order valence-corrected chi connectivity index (χ0v) is 24.5. The summed E-state index contributed by atoms with van der Waals surface area (Å²) in [4.78, 5) is 4.75. The second-order valence-electron chi connectivity index (χ2n) is 10.1. The molecular formula is C34H30BrClN2O2. The molecule has 0 unspecified atom stereocenters. The summed E-state index contributed by atoms with van der Waals surface area (Å²) in [6.07, 6.45) is 7.65. The van der Waals surface area contributed by atoms with Gasteiger partial charge in [0.1, 0.15) is 6.61 Å². The fourth-order valence-electron chi connectivity index (χ4n) is 5.64. The van der Waals surface area contributed by atoms with Gasteiger partial charge in [-0.3, -0.25) is 4.99 Å².